The first-order chi connectivity index (χ1) is 9.66. The zero-order chi connectivity index (χ0) is 16.5. The van der Waals surface area contributed by atoms with Crippen molar-refractivity contribution in [2.75, 3.05) is 13.1 Å². The van der Waals surface area contributed by atoms with Gasteiger partial charge in [0.05, 0.1) is 12.0 Å². The van der Waals surface area contributed by atoms with E-state index >= 15 is 0 Å². The van der Waals surface area contributed by atoms with Gasteiger partial charge in [-0.15, -0.1) is 0 Å². The van der Waals surface area contributed by atoms with Crippen molar-refractivity contribution in [3.63, 3.8) is 0 Å². The zero-order valence-corrected chi connectivity index (χ0v) is 12.7. The second kappa shape index (κ2) is 9.17. The van der Waals surface area contributed by atoms with Crippen LogP contribution in [0.3, 0.4) is 0 Å². The van der Waals surface area contributed by atoms with Crippen LogP contribution in [0.4, 0.5) is 4.79 Å². The van der Waals surface area contributed by atoms with E-state index in [1.54, 1.807) is 0 Å². The van der Waals surface area contributed by atoms with Crippen LogP contribution in [0.5, 0.6) is 0 Å². The fraction of sp³-hybridized carbons (Fsp3) is 0.769. The van der Waals surface area contributed by atoms with E-state index in [2.05, 4.69) is 16.0 Å². The van der Waals surface area contributed by atoms with Crippen molar-refractivity contribution < 1.29 is 24.6 Å². The molecular formula is C13H25N3O5. The maximum absolute atomic E-state index is 11.4. The molecule has 0 aromatic rings. The van der Waals surface area contributed by atoms with Crippen LogP contribution >= 0.6 is 0 Å². The number of carbonyl (C=O) groups is 3. The average molecular weight is 303 g/mol. The predicted molar refractivity (Wildman–Crippen MR) is 76.8 cm³/mol. The highest BCUT2D eigenvalue weighted by Gasteiger charge is 2.24. The van der Waals surface area contributed by atoms with Gasteiger partial charge in [0.15, 0.2) is 0 Å². The van der Waals surface area contributed by atoms with Crippen molar-refractivity contribution in [2.45, 2.75) is 51.7 Å². The molecule has 0 aromatic carbocycles. The Morgan fingerprint density at radius 1 is 1.24 bits per heavy atom. The lowest BCUT2D eigenvalue weighted by atomic mass is 10.0. The van der Waals surface area contributed by atoms with E-state index in [0.717, 1.165) is 6.42 Å². The second-order valence-corrected chi connectivity index (χ2v) is 5.30. The van der Waals surface area contributed by atoms with Gasteiger partial charge in [0.2, 0.25) is 5.91 Å². The molecule has 3 amide bonds. The van der Waals surface area contributed by atoms with Crippen molar-refractivity contribution in [3.05, 3.63) is 0 Å². The van der Waals surface area contributed by atoms with E-state index in [1.165, 1.54) is 6.92 Å². The molecule has 5 N–H and O–H groups in total. The molecule has 8 heteroatoms. The van der Waals surface area contributed by atoms with Crippen LogP contribution in [0, 0.1) is 0 Å². The smallest absolute Gasteiger partial charge is 0.314 e. The number of carboxylic acid groups (broad SMARTS) is 1. The summed E-state index contributed by atoms with van der Waals surface area (Å²) >= 11 is 0. The van der Waals surface area contributed by atoms with Crippen molar-refractivity contribution in [1.29, 1.82) is 0 Å². The highest BCUT2D eigenvalue weighted by Crippen LogP contribution is 2.06. The lowest BCUT2D eigenvalue weighted by Crippen LogP contribution is -2.46. The maximum Gasteiger partial charge on any atom is 0.314 e. The maximum atomic E-state index is 11.4. The minimum absolute atomic E-state index is 0.0949. The fourth-order valence-electron chi connectivity index (χ4n) is 1.46. The van der Waals surface area contributed by atoms with Gasteiger partial charge in [-0.1, -0.05) is 6.92 Å². The number of aliphatic carboxylic acids is 1. The first-order valence-corrected chi connectivity index (χ1v) is 6.91. The van der Waals surface area contributed by atoms with E-state index in [4.69, 9.17) is 5.11 Å². The Morgan fingerprint density at radius 2 is 1.86 bits per heavy atom. The molecule has 0 aliphatic heterocycles. The minimum Gasteiger partial charge on any atom is -0.481 e. The number of amides is 3. The van der Waals surface area contributed by atoms with Crippen LogP contribution in [0.2, 0.25) is 0 Å². The highest BCUT2D eigenvalue weighted by atomic mass is 16.4. The third kappa shape index (κ3) is 10.6. The van der Waals surface area contributed by atoms with Crippen LogP contribution in [-0.4, -0.2) is 52.9 Å². The number of carbonyl (C=O) groups excluding carboxylic acids is 2. The van der Waals surface area contributed by atoms with Gasteiger partial charge >= 0.3 is 12.0 Å². The summed E-state index contributed by atoms with van der Waals surface area (Å²) in [7, 11) is 0. The number of urea groups is 1. The number of hydrogen-bond donors (Lipinski definition) is 5. The normalized spacial score (nSPS) is 14.7. The summed E-state index contributed by atoms with van der Waals surface area (Å²) in [6.45, 7) is 5.14. The molecular weight excluding hydrogens is 278 g/mol. The van der Waals surface area contributed by atoms with Gasteiger partial charge in [0.1, 0.15) is 0 Å². The number of nitrogens with one attached hydrogen (secondary N) is 3. The predicted octanol–water partition coefficient (Wildman–Crippen LogP) is -0.184. The first kappa shape index (κ1) is 19.2. The zero-order valence-electron chi connectivity index (χ0n) is 12.7. The molecule has 0 saturated heterocycles. The van der Waals surface area contributed by atoms with E-state index in [-0.39, 0.29) is 31.5 Å². The Balaban J connectivity index is 3.86. The molecule has 0 aliphatic rings. The van der Waals surface area contributed by atoms with Crippen LogP contribution in [0.25, 0.3) is 0 Å². The lowest BCUT2D eigenvalue weighted by molar-refractivity contribution is -0.141. The average Bonchev–Trinajstić information content (AvgIpc) is 2.34. The Labute approximate surface area is 124 Å². The summed E-state index contributed by atoms with van der Waals surface area (Å²) in [5, 5.41) is 25.8. The summed E-state index contributed by atoms with van der Waals surface area (Å²) in [6.07, 6.45) is 0.520. The van der Waals surface area contributed by atoms with Gasteiger partial charge in [-0.05, 0) is 20.3 Å². The number of rotatable bonds is 9. The molecule has 0 aliphatic carbocycles. The molecule has 0 aromatic heterocycles. The fourth-order valence-corrected chi connectivity index (χ4v) is 1.46. The quantitative estimate of drug-likeness (QED) is 0.403. The monoisotopic (exact) mass is 303 g/mol. The molecule has 8 nitrogen and oxygen atoms in total. The summed E-state index contributed by atoms with van der Waals surface area (Å²) in [4.78, 5) is 33.4. The van der Waals surface area contributed by atoms with Crippen LogP contribution in [0.15, 0.2) is 0 Å². The molecule has 0 rings (SSSR count). The Bertz CT molecular complexity index is 371. The third-order valence-electron chi connectivity index (χ3n) is 2.82. The van der Waals surface area contributed by atoms with Crippen molar-refractivity contribution in [3.8, 4) is 0 Å². The molecule has 0 heterocycles. The SMILES string of the molecule is CCC(C)NC(=O)CCNC(=O)NCC(C)(O)CC(=O)O. The number of hydrogen-bond acceptors (Lipinski definition) is 4. The van der Waals surface area contributed by atoms with Crippen LogP contribution < -0.4 is 16.0 Å². The number of carboxylic acids is 1. The standard InChI is InChI=1S/C13H25N3O5/c1-4-9(2)16-10(17)5-6-14-12(20)15-8-13(3,21)7-11(18)19/h9,21H,4-8H2,1-3H3,(H,16,17)(H,18,19)(H2,14,15,20). The Hall–Kier alpha value is -1.83. The van der Waals surface area contributed by atoms with Gasteiger partial charge in [-0.25, -0.2) is 4.79 Å². The van der Waals surface area contributed by atoms with E-state index in [0.29, 0.717) is 0 Å². The van der Waals surface area contributed by atoms with Gasteiger partial charge in [-0.3, -0.25) is 9.59 Å². The molecule has 0 spiro atoms. The van der Waals surface area contributed by atoms with Gasteiger partial charge in [0.25, 0.3) is 0 Å². The van der Waals surface area contributed by atoms with Crippen molar-refractivity contribution >= 4 is 17.9 Å². The second-order valence-electron chi connectivity index (χ2n) is 5.30. The largest absolute Gasteiger partial charge is 0.481 e. The van der Waals surface area contributed by atoms with Crippen molar-refractivity contribution in [2.24, 2.45) is 0 Å². The molecule has 0 bridgehead atoms. The Morgan fingerprint density at radius 3 is 2.38 bits per heavy atom. The lowest BCUT2D eigenvalue weighted by Gasteiger charge is -2.21. The summed E-state index contributed by atoms with van der Waals surface area (Å²) in [6, 6.07) is -0.463. The van der Waals surface area contributed by atoms with Crippen LogP contribution in [-0.2, 0) is 9.59 Å². The van der Waals surface area contributed by atoms with E-state index in [1.807, 2.05) is 13.8 Å². The van der Waals surface area contributed by atoms with Gasteiger partial charge in [0, 0.05) is 25.6 Å². The molecule has 21 heavy (non-hydrogen) atoms. The summed E-state index contributed by atoms with van der Waals surface area (Å²) in [5.41, 5.74) is -1.52. The van der Waals surface area contributed by atoms with Gasteiger partial charge < -0.3 is 26.2 Å². The molecule has 2 atom stereocenters. The topological polar surface area (TPSA) is 128 Å². The van der Waals surface area contributed by atoms with Crippen molar-refractivity contribution in [1.82, 2.24) is 16.0 Å². The summed E-state index contributed by atoms with van der Waals surface area (Å²) < 4.78 is 0. The number of aliphatic hydroxyl groups is 1. The summed E-state index contributed by atoms with van der Waals surface area (Å²) in [5.74, 6) is -1.30. The molecule has 122 valence electrons. The van der Waals surface area contributed by atoms with E-state index < -0.39 is 24.0 Å². The molecule has 0 radical (unpaired) electrons. The third-order valence-corrected chi connectivity index (χ3v) is 2.82. The first-order valence-electron chi connectivity index (χ1n) is 6.91. The minimum atomic E-state index is -1.52. The van der Waals surface area contributed by atoms with E-state index in [9.17, 15) is 19.5 Å². The van der Waals surface area contributed by atoms with Gasteiger partial charge in [-0.2, -0.15) is 0 Å². The molecule has 0 fully saturated rings. The molecule has 2 unspecified atom stereocenters. The highest BCUT2D eigenvalue weighted by molar-refractivity contribution is 5.78. The van der Waals surface area contributed by atoms with Crippen LogP contribution in [0.1, 0.15) is 40.0 Å². The Kier molecular flexibility index (Phi) is 8.37. The molecule has 0 saturated carbocycles.